The minimum absolute atomic E-state index is 0.0404. The molecule has 1 aromatic heterocycles. The normalized spacial score (nSPS) is 16.0. The van der Waals surface area contributed by atoms with Crippen LogP contribution in [0.25, 0.3) is 0 Å². The molecule has 3 rings (SSSR count). The smallest absolute Gasteiger partial charge is 0.307 e. The maximum absolute atomic E-state index is 12.4. The average molecular weight is 386 g/mol. The molecule has 0 aliphatic carbocycles. The number of carbonyl (C=O) groups excluding carboxylic acids is 2. The molecular weight excluding hydrogens is 364 g/mol. The summed E-state index contributed by atoms with van der Waals surface area (Å²) in [5, 5.41) is 12.8. The minimum Gasteiger partial charge on any atom is -0.480 e. The summed E-state index contributed by atoms with van der Waals surface area (Å²) in [6.45, 7) is 2.34. The van der Waals surface area contributed by atoms with Gasteiger partial charge in [-0.3, -0.25) is 14.2 Å². The largest absolute Gasteiger partial charge is 0.480 e. The lowest BCUT2D eigenvalue weighted by Crippen LogP contribution is -2.29. The molecule has 0 fully saturated rings. The van der Waals surface area contributed by atoms with Gasteiger partial charge in [0.15, 0.2) is 5.78 Å². The van der Waals surface area contributed by atoms with Gasteiger partial charge in [-0.05, 0) is 17.6 Å². The fraction of sp³-hybridized carbons (Fsp3) is 0.368. The van der Waals surface area contributed by atoms with Crippen LogP contribution in [0.5, 0.6) is 5.88 Å². The van der Waals surface area contributed by atoms with Crippen LogP contribution in [-0.2, 0) is 16.1 Å². The van der Waals surface area contributed by atoms with Crippen molar-refractivity contribution < 1.29 is 24.3 Å². The van der Waals surface area contributed by atoms with Gasteiger partial charge in [0.1, 0.15) is 11.4 Å². The molecule has 9 heteroatoms. The topological polar surface area (TPSA) is 106 Å². The second kappa shape index (κ2) is 8.12. The summed E-state index contributed by atoms with van der Waals surface area (Å²) >= 11 is 0. The number of carbonyl (C=O) groups is 2. The molecule has 2 aromatic rings. The summed E-state index contributed by atoms with van der Waals surface area (Å²) in [6.07, 6.45) is 0.0489. The number of rotatable bonds is 6. The molecule has 1 aromatic carbocycles. The standard InChI is InChI=1S/C19H22N4O5/c1-12(24)16-17(28-3)20-19(21-26)23-14(9-15(25)27-2)11-22(18(16)23)10-13-7-5-4-6-8-13/h4-8,14,26H,9-11H2,1-3H3/b21-19-. The van der Waals surface area contributed by atoms with Gasteiger partial charge < -0.3 is 19.6 Å². The summed E-state index contributed by atoms with van der Waals surface area (Å²) in [5.74, 6) is -0.0725. The molecule has 0 saturated carbocycles. The number of nitrogens with zero attached hydrogens (tertiary/aromatic N) is 4. The van der Waals surface area contributed by atoms with Gasteiger partial charge in [0.25, 0.3) is 5.62 Å². The Morgan fingerprint density at radius 1 is 1.29 bits per heavy atom. The molecule has 2 heterocycles. The van der Waals surface area contributed by atoms with Crippen molar-refractivity contribution in [3.63, 3.8) is 0 Å². The van der Waals surface area contributed by atoms with Crippen molar-refractivity contribution in [2.24, 2.45) is 5.16 Å². The summed E-state index contributed by atoms with van der Waals surface area (Å²) in [5.41, 5.74) is 1.26. The Morgan fingerprint density at radius 2 is 2.00 bits per heavy atom. The summed E-state index contributed by atoms with van der Waals surface area (Å²) < 4.78 is 11.7. The third-order valence-corrected chi connectivity index (χ3v) is 4.66. The van der Waals surface area contributed by atoms with Crippen molar-refractivity contribution in [3.8, 4) is 5.88 Å². The molecule has 0 radical (unpaired) electrons. The van der Waals surface area contributed by atoms with Gasteiger partial charge in [0.2, 0.25) is 5.88 Å². The quantitative estimate of drug-likeness (QED) is 0.347. The Morgan fingerprint density at radius 3 is 2.57 bits per heavy atom. The van der Waals surface area contributed by atoms with Gasteiger partial charge in [-0.15, -0.1) is 0 Å². The number of Topliss-reactive ketones (excluding diaryl/α,β-unsaturated/α-hetero) is 1. The van der Waals surface area contributed by atoms with Crippen LogP contribution in [0.4, 0.5) is 5.82 Å². The van der Waals surface area contributed by atoms with E-state index in [2.05, 4.69) is 10.1 Å². The Bertz CT molecular complexity index is 955. The SMILES string of the molecule is COC(=O)CC1CN(Cc2ccccc2)c2c(C(C)=O)c(OC)n/c(=N/O)n21. The molecule has 0 bridgehead atoms. The zero-order chi connectivity index (χ0) is 20.3. The van der Waals surface area contributed by atoms with Crippen LogP contribution in [0, 0.1) is 0 Å². The molecule has 1 atom stereocenters. The monoisotopic (exact) mass is 386 g/mol. The van der Waals surface area contributed by atoms with Crippen molar-refractivity contribution in [3.05, 3.63) is 47.1 Å². The number of hydrogen-bond donors (Lipinski definition) is 1. The molecule has 1 unspecified atom stereocenters. The fourth-order valence-electron chi connectivity index (χ4n) is 3.48. The zero-order valence-corrected chi connectivity index (χ0v) is 16.0. The molecule has 9 nitrogen and oxygen atoms in total. The van der Waals surface area contributed by atoms with Gasteiger partial charge in [-0.2, -0.15) is 4.98 Å². The lowest BCUT2D eigenvalue weighted by atomic mass is 10.1. The average Bonchev–Trinajstić information content (AvgIpc) is 3.04. The highest BCUT2D eigenvalue weighted by Crippen LogP contribution is 2.36. The predicted octanol–water partition coefficient (Wildman–Crippen LogP) is 1.51. The Labute approximate surface area is 161 Å². The van der Waals surface area contributed by atoms with Gasteiger partial charge in [0, 0.05) is 13.1 Å². The number of ketones is 1. The van der Waals surface area contributed by atoms with E-state index in [4.69, 9.17) is 9.47 Å². The van der Waals surface area contributed by atoms with Crippen LogP contribution in [0.3, 0.4) is 0 Å². The molecular formula is C19H22N4O5. The number of ether oxygens (including phenoxy) is 2. The third kappa shape index (κ3) is 3.55. The minimum atomic E-state index is -0.409. The van der Waals surface area contributed by atoms with Crippen molar-refractivity contribution in [2.45, 2.75) is 25.9 Å². The number of aromatic nitrogens is 2. The van der Waals surface area contributed by atoms with Gasteiger partial charge >= 0.3 is 5.97 Å². The van der Waals surface area contributed by atoms with Crippen LogP contribution in [0.2, 0.25) is 0 Å². The predicted molar refractivity (Wildman–Crippen MR) is 99.3 cm³/mol. The van der Waals surface area contributed by atoms with E-state index in [-0.39, 0.29) is 29.3 Å². The number of methoxy groups -OCH3 is 2. The second-order valence-electron chi connectivity index (χ2n) is 6.45. The van der Waals surface area contributed by atoms with Gasteiger partial charge in [-0.1, -0.05) is 30.3 Å². The van der Waals surface area contributed by atoms with Crippen LogP contribution < -0.4 is 15.3 Å². The summed E-state index contributed by atoms with van der Waals surface area (Å²) in [4.78, 5) is 30.5. The maximum atomic E-state index is 12.4. The van der Waals surface area contributed by atoms with Crippen LogP contribution in [-0.4, -0.2) is 47.3 Å². The number of fused-ring (bicyclic) bond motifs is 1. The van der Waals surface area contributed by atoms with Crippen molar-refractivity contribution in [1.82, 2.24) is 9.55 Å². The maximum Gasteiger partial charge on any atom is 0.307 e. The second-order valence-corrected chi connectivity index (χ2v) is 6.45. The van der Waals surface area contributed by atoms with E-state index in [1.54, 1.807) is 4.57 Å². The fourth-order valence-corrected chi connectivity index (χ4v) is 3.48. The van der Waals surface area contributed by atoms with Crippen LogP contribution in [0.1, 0.15) is 35.3 Å². The van der Waals surface area contributed by atoms with E-state index in [0.29, 0.717) is 18.9 Å². The van der Waals surface area contributed by atoms with E-state index < -0.39 is 12.0 Å². The van der Waals surface area contributed by atoms with E-state index >= 15 is 0 Å². The van der Waals surface area contributed by atoms with Crippen LogP contribution >= 0.6 is 0 Å². The molecule has 0 spiro atoms. The highest BCUT2D eigenvalue weighted by atomic mass is 16.5. The Kier molecular flexibility index (Phi) is 5.62. The third-order valence-electron chi connectivity index (χ3n) is 4.66. The van der Waals surface area contributed by atoms with Crippen molar-refractivity contribution in [2.75, 3.05) is 25.7 Å². The number of anilines is 1. The lowest BCUT2D eigenvalue weighted by Gasteiger charge is -2.21. The molecule has 1 N–H and O–H groups in total. The zero-order valence-electron chi connectivity index (χ0n) is 16.0. The highest BCUT2D eigenvalue weighted by molar-refractivity contribution is 6.01. The lowest BCUT2D eigenvalue weighted by molar-refractivity contribution is -0.141. The first-order chi connectivity index (χ1) is 13.5. The van der Waals surface area contributed by atoms with Crippen molar-refractivity contribution >= 4 is 17.6 Å². The first-order valence-electron chi connectivity index (χ1n) is 8.75. The van der Waals surface area contributed by atoms with E-state index in [1.165, 1.54) is 21.1 Å². The first kappa shape index (κ1) is 19.4. The van der Waals surface area contributed by atoms with E-state index in [9.17, 15) is 14.8 Å². The molecule has 28 heavy (non-hydrogen) atoms. The summed E-state index contributed by atoms with van der Waals surface area (Å²) in [6, 6.07) is 9.32. The summed E-state index contributed by atoms with van der Waals surface area (Å²) in [7, 11) is 2.71. The van der Waals surface area contributed by atoms with E-state index in [1.807, 2.05) is 35.2 Å². The molecule has 1 aliphatic rings. The highest BCUT2D eigenvalue weighted by Gasteiger charge is 2.36. The van der Waals surface area contributed by atoms with Gasteiger partial charge in [0.05, 0.1) is 26.7 Å². The molecule has 0 amide bonds. The Balaban J connectivity index is 2.20. The molecule has 0 saturated heterocycles. The van der Waals surface area contributed by atoms with Crippen molar-refractivity contribution in [1.29, 1.82) is 0 Å². The number of hydrogen-bond acceptors (Lipinski definition) is 8. The molecule has 1 aliphatic heterocycles. The molecule has 148 valence electrons. The van der Waals surface area contributed by atoms with Crippen LogP contribution in [0.15, 0.2) is 35.5 Å². The number of benzene rings is 1. The number of esters is 1. The van der Waals surface area contributed by atoms with E-state index in [0.717, 1.165) is 5.56 Å². The van der Waals surface area contributed by atoms with Gasteiger partial charge in [-0.25, -0.2) is 0 Å². The first-order valence-corrected chi connectivity index (χ1v) is 8.75. The Hall–Kier alpha value is -3.36.